The van der Waals surface area contributed by atoms with Gasteiger partial charge in [0.25, 0.3) is 5.91 Å². The minimum Gasteiger partial charge on any atom is -0.352 e. The molecule has 2 heterocycles. The normalized spacial score (nSPS) is 18.6. The van der Waals surface area contributed by atoms with Crippen molar-refractivity contribution in [1.29, 1.82) is 0 Å². The van der Waals surface area contributed by atoms with Crippen molar-refractivity contribution in [3.63, 3.8) is 0 Å². The molecule has 2 aromatic rings. The first kappa shape index (κ1) is 21.6. The van der Waals surface area contributed by atoms with E-state index >= 15 is 0 Å². The van der Waals surface area contributed by atoms with E-state index in [1.54, 1.807) is 24.1 Å². The van der Waals surface area contributed by atoms with Crippen LogP contribution in [0.15, 0.2) is 36.7 Å². The summed E-state index contributed by atoms with van der Waals surface area (Å²) in [5.74, 6) is 0.613. The van der Waals surface area contributed by atoms with Gasteiger partial charge in [-0.2, -0.15) is 5.10 Å². The molecule has 1 saturated heterocycles. The quantitative estimate of drug-likeness (QED) is 0.803. The molecule has 1 aromatic heterocycles. The second-order valence-corrected chi connectivity index (χ2v) is 10.3. The van der Waals surface area contributed by atoms with Crippen molar-refractivity contribution in [1.82, 2.24) is 20.0 Å². The van der Waals surface area contributed by atoms with E-state index in [1.165, 1.54) is 5.56 Å². The molecule has 31 heavy (non-hydrogen) atoms. The molecule has 0 radical (unpaired) electrons. The van der Waals surface area contributed by atoms with Crippen molar-refractivity contribution >= 4 is 11.8 Å². The number of nitrogens with one attached hydrogen (secondary N) is 1. The van der Waals surface area contributed by atoms with E-state index in [0.717, 1.165) is 44.3 Å². The zero-order chi connectivity index (χ0) is 22.2. The van der Waals surface area contributed by atoms with Crippen molar-refractivity contribution in [2.24, 2.45) is 13.0 Å². The number of carbonyl (C=O) groups is 2. The Labute approximate surface area is 185 Å². The highest BCUT2D eigenvalue weighted by molar-refractivity contribution is 5.93. The molecule has 2 aliphatic rings. The molecule has 1 N–H and O–H groups in total. The summed E-state index contributed by atoms with van der Waals surface area (Å²) in [6.45, 7) is 8.83. The van der Waals surface area contributed by atoms with Crippen LogP contribution in [-0.2, 0) is 22.7 Å². The number of aryl methyl sites for hydroxylation is 1. The molecule has 6 nitrogen and oxygen atoms in total. The Morgan fingerprint density at radius 2 is 1.77 bits per heavy atom. The summed E-state index contributed by atoms with van der Waals surface area (Å²) in [4.78, 5) is 27.6. The highest BCUT2D eigenvalue weighted by atomic mass is 16.2. The number of amides is 2. The lowest BCUT2D eigenvalue weighted by atomic mass is 9.84. The summed E-state index contributed by atoms with van der Waals surface area (Å²) in [6.07, 6.45) is 7.05. The maximum atomic E-state index is 13.4. The van der Waals surface area contributed by atoms with Gasteiger partial charge in [-0.25, -0.2) is 0 Å². The van der Waals surface area contributed by atoms with Crippen molar-refractivity contribution in [3.8, 4) is 0 Å². The predicted octanol–water partition coefficient (Wildman–Crippen LogP) is 3.42. The number of carbonyl (C=O) groups excluding carboxylic acids is 2. The maximum absolute atomic E-state index is 13.4. The van der Waals surface area contributed by atoms with Crippen molar-refractivity contribution in [3.05, 3.63) is 53.3 Å². The fourth-order valence-electron chi connectivity index (χ4n) is 4.56. The molecule has 4 rings (SSSR count). The van der Waals surface area contributed by atoms with Gasteiger partial charge in [0.1, 0.15) is 0 Å². The average molecular weight is 423 g/mol. The minimum atomic E-state index is -0.308. The topological polar surface area (TPSA) is 67.2 Å². The van der Waals surface area contributed by atoms with Crippen LogP contribution in [-0.4, -0.2) is 46.1 Å². The van der Waals surface area contributed by atoms with E-state index < -0.39 is 0 Å². The first-order valence-corrected chi connectivity index (χ1v) is 11.4. The van der Waals surface area contributed by atoms with Gasteiger partial charge < -0.3 is 10.2 Å². The number of hydrogen-bond acceptors (Lipinski definition) is 3. The highest BCUT2D eigenvalue weighted by Crippen LogP contribution is 2.50. The molecule has 1 aromatic carbocycles. The molecule has 0 atom stereocenters. The van der Waals surface area contributed by atoms with Gasteiger partial charge in [0, 0.05) is 32.9 Å². The van der Waals surface area contributed by atoms with Gasteiger partial charge in [0.05, 0.1) is 17.2 Å². The third-order valence-electron chi connectivity index (χ3n) is 6.88. The first-order valence-electron chi connectivity index (χ1n) is 11.4. The third kappa shape index (κ3) is 4.53. The van der Waals surface area contributed by atoms with Crippen molar-refractivity contribution < 1.29 is 9.59 Å². The summed E-state index contributed by atoms with van der Waals surface area (Å²) in [6, 6.07) is 8.68. The largest absolute Gasteiger partial charge is 0.352 e. The van der Waals surface area contributed by atoms with Gasteiger partial charge in [-0.05, 0) is 48.1 Å². The van der Waals surface area contributed by atoms with E-state index in [0.29, 0.717) is 18.0 Å². The molecular formula is C25H34N4O2. The lowest BCUT2D eigenvalue weighted by molar-refractivity contribution is -0.135. The standard InChI is InChI=1S/C25H34N4O2/c1-24(2,3)20-5-7-21(8-6-20)25(11-12-25)23(31)29-13-9-18(10-14-29)15-26-22(30)19-16-27-28(4)17-19/h5-8,16-18H,9-15H2,1-4H3,(H,26,30). The van der Waals surface area contributed by atoms with Crippen LogP contribution in [0, 0.1) is 5.92 Å². The molecule has 2 amide bonds. The lowest BCUT2D eigenvalue weighted by Gasteiger charge is -2.34. The maximum Gasteiger partial charge on any atom is 0.254 e. The van der Waals surface area contributed by atoms with E-state index in [2.05, 4.69) is 55.5 Å². The average Bonchev–Trinajstić information content (AvgIpc) is 3.45. The summed E-state index contributed by atoms with van der Waals surface area (Å²) in [7, 11) is 1.80. The van der Waals surface area contributed by atoms with Crippen LogP contribution < -0.4 is 5.32 Å². The Balaban J connectivity index is 1.30. The Morgan fingerprint density at radius 3 is 2.29 bits per heavy atom. The SMILES string of the molecule is Cn1cc(C(=O)NCC2CCN(C(=O)C3(c4ccc(C(C)(C)C)cc4)CC3)CC2)cn1. The number of rotatable bonds is 5. The van der Waals surface area contributed by atoms with Gasteiger partial charge in [-0.15, -0.1) is 0 Å². The number of piperidine rings is 1. The Kier molecular flexibility index (Phi) is 5.67. The second-order valence-electron chi connectivity index (χ2n) is 10.3. The molecule has 1 saturated carbocycles. The minimum absolute atomic E-state index is 0.0813. The second kappa shape index (κ2) is 8.13. The van der Waals surface area contributed by atoms with Crippen LogP contribution in [0.5, 0.6) is 0 Å². The van der Waals surface area contributed by atoms with Gasteiger partial charge in [-0.1, -0.05) is 45.0 Å². The van der Waals surface area contributed by atoms with Gasteiger partial charge in [0.15, 0.2) is 0 Å². The first-order chi connectivity index (χ1) is 14.7. The monoisotopic (exact) mass is 422 g/mol. The molecule has 6 heteroatoms. The number of likely N-dealkylation sites (tertiary alicyclic amines) is 1. The molecule has 2 fully saturated rings. The van der Waals surface area contributed by atoms with Crippen LogP contribution in [0.4, 0.5) is 0 Å². The van der Waals surface area contributed by atoms with Crippen molar-refractivity contribution in [2.45, 2.75) is 57.3 Å². The predicted molar refractivity (Wildman–Crippen MR) is 121 cm³/mol. The molecule has 0 spiro atoms. The lowest BCUT2D eigenvalue weighted by Crippen LogP contribution is -2.45. The molecule has 0 bridgehead atoms. The molecular weight excluding hydrogens is 388 g/mol. The smallest absolute Gasteiger partial charge is 0.254 e. The fourth-order valence-corrected chi connectivity index (χ4v) is 4.56. The number of hydrogen-bond donors (Lipinski definition) is 1. The van der Waals surface area contributed by atoms with E-state index in [-0.39, 0.29) is 22.6 Å². The third-order valence-corrected chi connectivity index (χ3v) is 6.88. The summed E-state index contributed by atoms with van der Waals surface area (Å²) in [5.41, 5.74) is 2.86. The molecule has 1 aliphatic carbocycles. The zero-order valence-corrected chi connectivity index (χ0v) is 19.1. The van der Waals surface area contributed by atoms with E-state index in [4.69, 9.17) is 0 Å². The Morgan fingerprint density at radius 1 is 1.13 bits per heavy atom. The summed E-state index contributed by atoms with van der Waals surface area (Å²) >= 11 is 0. The number of benzene rings is 1. The highest BCUT2D eigenvalue weighted by Gasteiger charge is 2.53. The molecule has 0 unspecified atom stereocenters. The van der Waals surface area contributed by atoms with Crippen LogP contribution in [0.3, 0.4) is 0 Å². The number of nitrogens with zero attached hydrogens (tertiary/aromatic N) is 3. The van der Waals surface area contributed by atoms with Gasteiger partial charge >= 0.3 is 0 Å². The van der Waals surface area contributed by atoms with Crippen molar-refractivity contribution in [2.75, 3.05) is 19.6 Å². The summed E-state index contributed by atoms with van der Waals surface area (Å²) < 4.78 is 1.63. The zero-order valence-electron chi connectivity index (χ0n) is 19.1. The fraction of sp³-hybridized carbons (Fsp3) is 0.560. The van der Waals surface area contributed by atoms with Crippen LogP contribution >= 0.6 is 0 Å². The van der Waals surface area contributed by atoms with Gasteiger partial charge in [0.2, 0.25) is 5.91 Å². The Hall–Kier alpha value is -2.63. The number of aromatic nitrogens is 2. The Bertz CT molecular complexity index is 943. The van der Waals surface area contributed by atoms with Gasteiger partial charge in [-0.3, -0.25) is 14.3 Å². The summed E-state index contributed by atoms with van der Waals surface area (Å²) in [5, 5.41) is 7.06. The van der Waals surface area contributed by atoms with E-state index in [9.17, 15) is 9.59 Å². The molecule has 1 aliphatic heterocycles. The van der Waals surface area contributed by atoms with E-state index in [1.807, 2.05) is 4.90 Å². The van der Waals surface area contributed by atoms with Crippen LogP contribution in [0.2, 0.25) is 0 Å². The molecule has 166 valence electrons. The van der Waals surface area contributed by atoms with Crippen LogP contribution in [0.1, 0.15) is 67.9 Å². The van der Waals surface area contributed by atoms with Crippen LogP contribution in [0.25, 0.3) is 0 Å².